The minimum absolute atomic E-state index is 0.0912. The summed E-state index contributed by atoms with van der Waals surface area (Å²) in [6, 6.07) is 0. The van der Waals surface area contributed by atoms with Gasteiger partial charge in [-0.2, -0.15) is 0 Å². The van der Waals surface area contributed by atoms with E-state index in [0.29, 0.717) is 31.5 Å². The minimum atomic E-state index is -0.233. The summed E-state index contributed by atoms with van der Waals surface area (Å²) in [5, 5.41) is 0. The molecular weight excluding hydrogens is 332 g/mol. The first-order valence-corrected chi connectivity index (χ1v) is 10.1. The van der Waals surface area contributed by atoms with Crippen molar-refractivity contribution >= 4 is 6.47 Å². The van der Waals surface area contributed by atoms with E-state index in [0.717, 1.165) is 25.9 Å². The monoisotopic (exact) mass is 368 g/mol. The van der Waals surface area contributed by atoms with E-state index in [1.807, 2.05) is 0 Å². The van der Waals surface area contributed by atoms with Crippen LogP contribution in [0.25, 0.3) is 0 Å². The number of carbonyl (C=O) groups is 1. The molecule has 2 aliphatic heterocycles. The second kappa shape index (κ2) is 7.06. The van der Waals surface area contributed by atoms with Crippen LogP contribution in [0.15, 0.2) is 0 Å². The quantitative estimate of drug-likeness (QED) is 0.640. The van der Waals surface area contributed by atoms with Crippen LogP contribution in [-0.4, -0.2) is 44.8 Å². The molecule has 0 aromatic heterocycles. The highest BCUT2D eigenvalue weighted by atomic mass is 16.7. The summed E-state index contributed by atoms with van der Waals surface area (Å²) in [5.41, 5.74) is -0.244. The van der Waals surface area contributed by atoms with Crippen LogP contribution in [0, 0.1) is 28.1 Å². The van der Waals surface area contributed by atoms with Crippen molar-refractivity contribution in [2.75, 3.05) is 19.8 Å². The highest BCUT2D eigenvalue weighted by molar-refractivity contribution is 5.39. The summed E-state index contributed by atoms with van der Waals surface area (Å²) in [5.74, 6) is 0.881. The van der Waals surface area contributed by atoms with E-state index in [1.165, 1.54) is 0 Å². The lowest BCUT2D eigenvalue weighted by Crippen LogP contribution is -2.50. The fourth-order valence-corrected chi connectivity index (χ4v) is 6.06. The zero-order valence-corrected chi connectivity index (χ0v) is 17.2. The zero-order valence-electron chi connectivity index (χ0n) is 17.2. The molecule has 26 heavy (non-hydrogen) atoms. The lowest BCUT2D eigenvalue weighted by atomic mass is 9.55. The van der Waals surface area contributed by atoms with Crippen molar-refractivity contribution in [1.82, 2.24) is 0 Å². The van der Waals surface area contributed by atoms with E-state index in [-0.39, 0.29) is 34.7 Å². The molecule has 0 aromatic carbocycles. The maximum absolute atomic E-state index is 11.3. The Morgan fingerprint density at radius 1 is 1.23 bits per heavy atom. The van der Waals surface area contributed by atoms with Gasteiger partial charge in [-0.1, -0.05) is 34.6 Å². The molecule has 0 radical (unpaired) electrons. The van der Waals surface area contributed by atoms with Gasteiger partial charge >= 0.3 is 0 Å². The Labute approximate surface area is 158 Å². The summed E-state index contributed by atoms with van der Waals surface area (Å²) in [6.45, 7) is 16.0. The molecule has 0 bridgehead atoms. The first-order chi connectivity index (χ1) is 12.2. The predicted molar refractivity (Wildman–Crippen MR) is 98.5 cm³/mol. The third kappa shape index (κ3) is 3.00. The van der Waals surface area contributed by atoms with Crippen LogP contribution < -0.4 is 0 Å². The third-order valence-corrected chi connectivity index (χ3v) is 6.94. The van der Waals surface area contributed by atoms with Crippen LogP contribution in [0.2, 0.25) is 0 Å². The molecule has 3 aliphatic rings. The largest absolute Gasteiger partial charge is 0.464 e. The molecule has 1 spiro atoms. The Morgan fingerprint density at radius 3 is 2.58 bits per heavy atom. The van der Waals surface area contributed by atoms with E-state index in [1.54, 1.807) is 0 Å². The van der Waals surface area contributed by atoms with Crippen molar-refractivity contribution in [3.8, 4) is 0 Å². The second-order valence-corrected chi connectivity index (χ2v) is 10.1. The molecule has 3 rings (SSSR count). The van der Waals surface area contributed by atoms with Gasteiger partial charge in [-0.25, -0.2) is 0 Å². The average Bonchev–Trinajstić information content (AvgIpc) is 3.14. The van der Waals surface area contributed by atoms with Crippen molar-refractivity contribution < 1.29 is 23.7 Å². The number of rotatable bonds is 7. The van der Waals surface area contributed by atoms with Gasteiger partial charge in [0.25, 0.3) is 6.47 Å². The molecule has 3 fully saturated rings. The lowest BCUT2D eigenvalue weighted by molar-refractivity contribution is -0.144. The van der Waals surface area contributed by atoms with Crippen molar-refractivity contribution in [2.45, 2.75) is 79.3 Å². The van der Waals surface area contributed by atoms with Gasteiger partial charge in [0.05, 0.1) is 19.3 Å². The van der Waals surface area contributed by atoms with Gasteiger partial charge in [0.2, 0.25) is 0 Å². The highest BCUT2D eigenvalue weighted by Crippen LogP contribution is 2.72. The van der Waals surface area contributed by atoms with Crippen LogP contribution in [-0.2, 0) is 23.7 Å². The Bertz CT molecular complexity index is 513. The number of hydrogen-bond acceptors (Lipinski definition) is 5. The van der Waals surface area contributed by atoms with E-state index in [9.17, 15) is 4.79 Å². The molecule has 2 saturated heterocycles. The Kier molecular flexibility index (Phi) is 5.46. The molecule has 1 aliphatic carbocycles. The van der Waals surface area contributed by atoms with Gasteiger partial charge in [-0.15, -0.1) is 0 Å². The van der Waals surface area contributed by atoms with Crippen LogP contribution in [0.5, 0.6) is 0 Å². The zero-order chi connectivity index (χ0) is 19.2. The minimum Gasteiger partial charge on any atom is -0.464 e. The average molecular weight is 369 g/mol. The SMILES string of the molecule is CC(C)COC(C)CC12COC3OCCC31[C@H](C(C)(C)C)CC2OC=O. The van der Waals surface area contributed by atoms with Crippen LogP contribution in [0.4, 0.5) is 0 Å². The predicted octanol–water partition coefficient (Wildman–Crippen LogP) is 3.79. The van der Waals surface area contributed by atoms with Gasteiger partial charge in [0.15, 0.2) is 6.29 Å². The van der Waals surface area contributed by atoms with Gasteiger partial charge in [-0.05, 0) is 43.4 Å². The van der Waals surface area contributed by atoms with Gasteiger partial charge in [-0.3, -0.25) is 4.79 Å². The molecule has 1 saturated carbocycles. The summed E-state index contributed by atoms with van der Waals surface area (Å²) in [7, 11) is 0. The molecule has 0 aromatic rings. The summed E-state index contributed by atoms with van der Waals surface area (Å²) < 4.78 is 24.0. The molecular formula is C21H36O5. The molecule has 6 atom stereocenters. The van der Waals surface area contributed by atoms with Crippen molar-refractivity contribution in [3.05, 3.63) is 0 Å². The standard InChI is InChI=1S/C21H36O5/c1-14(2)11-24-15(3)10-20-12-25-18-21(20,7-8-23-18)16(19(4,5)6)9-17(20)26-13-22/h13-18H,7-12H2,1-6H3/t15?,16-,17?,18?,20?,21?/m0/s1. The summed E-state index contributed by atoms with van der Waals surface area (Å²) in [6.07, 6.45) is 2.45. The smallest absolute Gasteiger partial charge is 0.293 e. The van der Waals surface area contributed by atoms with E-state index in [2.05, 4.69) is 41.5 Å². The Morgan fingerprint density at radius 2 is 1.96 bits per heavy atom. The van der Waals surface area contributed by atoms with Crippen LogP contribution in [0.1, 0.15) is 60.8 Å². The topological polar surface area (TPSA) is 54.0 Å². The van der Waals surface area contributed by atoms with Crippen molar-refractivity contribution in [1.29, 1.82) is 0 Å². The van der Waals surface area contributed by atoms with Crippen LogP contribution in [0.3, 0.4) is 0 Å². The number of carbonyl (C=O) groups excluding carboxylic acids is 1. The molecule has 5 unspecified atom stereocenters. The molecule has 5 nitrogen and oxygen atoms in total. The fraction of sp³-hybridized carbons (Fsp3) is 0.952. The first kappa shape index (κ1) is 20.1. The normalized spacial score (nSPS) is 40.5. The summed E-state index contributed by atoms with van der Waals surface area (Å²) >= 11 is 0. The van der Waals surface area contributed by atoms with E-state index < -0.39 is 0 Å². The van der Waals surface area contributed by atoms with E-state index in [4.69, 9.17) is 18.9 Å². The highest BCUT2D eigenvalue weighted by Gasteiger charge is 2.76. The molecule has 2 heterocycles. The van der Waals surface area contributed by atoms with Crippen molar-refractivity contribution in [2.24, 2.45) is 28.1 Å². The van der Waals surface area contributed by atoms with Crippen LogP contribution >= 0.6 is 0 Å². The third-order valence-electron chi connectivity index (χ3n) is 6.94. The number of ether oxygens (including phenoxy) is 4. The Balaban J connectivity index is 1.96. The maximum atomic E-state index is 11.3. The first-order valence-electron chi connectivity index (χ1n) is 10.1. The molecule has 0 amide bonds. The lowest BCUT2D eigenvalue weighted by Gasteiger charge is -2.46. The number of hydrogen-bond donors (Lipinski definition) is 0. The summed E-state index contributed by atoms with van der Waals surface area (Å²) in [4.78, 5) is 11.3. The fourth-order valence-electron chi connectivity index (χ4n) is 6.06. The van der Waals surface area contributed by atoms with Crippen molar-refractivity contribution in [3.63, 3.8) is 0 Å². The van der Waals surface area contributed by atoms with Gasteiger partial charge in [0.1, 0.15) is 6.10 Å². The van der Waals surface area contributed by atoms with Gasteiger partial charge in [0, 0.05) is 17.4 Å². The maximum Gasteiger partial charge on any atom is 0.293 e. The molecule has 150 valence electrons. The van der Waals surface area contributed by atoms with E-state index >= 15 is 0 Å². The Hall–Kier alpha value is -0.650. The molecule has 0 N–H and O–H groups in total. The van der Waals surface area contributed by atoms with Gasteiger partial charge < -0.3 is 18.9 Å². The second-order valence-electron chi connectivity index (χ2n) is 10.1. The molecule has 5 heteroatoms.